The number of nitro groups is 1. The van der Waals surface area contributed by atoms with Gasteiger partial charge in [0, 0.05) is 24.7 Å². The van der Waals surface area contributed by atoms with Gasteiger partial charge in [-0.2, -0.15) is 0 Å². The van der Waals surface area contributed by atoms with Crippen LogP contribution in [0.2, 0.25) is 0 Å². The Kier molecular flexibility index (Phi) is 3.53. The molecule has 0 amide bonds. The molecule has 0 aliphatic carbocycles. The predicted octanol–water partition coefficient (Wildman–Crippen LogP) is 0.476. The average molecular weight is 189 g/mol. The Morgan fingerprint density at radius 2 is 2.00 bits per heavy atom. The maximum Gasteiger partial charge on any atom is 0.382 e. The Balaban J connectivity index is 4.52. The van der Waals surface area contributed by atoms with Crippen LogP contribution in [0.15, 0.2) is 0 Å². The Morgan fingerprint density at radius 1 is 1.54 bits per heavy atom. The molecule has 0 saturated heterocycles. The van der Waals surface area contributed by atoms with Crippen LogP contribution in [0.5, 0.6) is 0 Å². The first-order valence-electron chi connectivity index (χ1n) is 3.68. The third-order valence-corrected chi connectivity index (χ3v) is 1.83. The summed E-state index contributed by atoms with van der Waals surface area (Å²) in [5.41, 5.74) is -2.05. The number of hydrogen-bond acceptors (Lipinski definition) is 4. The van der Waals surface area contributed by atoms with Crippen LogP contribution in [-0.4, -0.2) is 27.3 Å². The van der Waals surface area contributed by atoms with Gasteiger partial charge in [-0.15, -0.1) is 0 Å². The summed E-state index contributed by atoms with van der Waals surface area (Å²) in [6, 6.07) is 0. The lowest BCUT2D eigenvalue weighted by Crippen LogP contribution is -2.43. The van der Waals surface area contributed by atoms with E-state index in [1.165, 1.54) is 6.92 Å². The molecule has 0 aromatic carbocycles. The van der Waals surface area contributed by atoms with E-state index in [1.54, 1.807) is 0 Å². The largest absolute Gasteiger partial charge is 0.476 e. The van der Waals surface area contributed by atoms with Gasteiger partial charge in [0.25, 0.3) is 0 Å². The van der Waals surface area contributed by atoms with Crippen LogP contribution in [0.4, 0.5) is 0 Å². The molecule has 1 atom stereocenters. The summed E-state index contributed by atoms with van der Waals surface area (Å²) in [6.45, 7) is 2.26. The quantitative estimate of drug-likeness (QED) is 0.501. The molecule has 6 heteroatoms. The van der Waals surface area contributed by atoms with E-state index < -0.39 is 16.4 Å². The Labute approximate surface area is 74.7 Å². The van der Waals surface area contributed by atoms with Crippen LogP contribution >= 0.6 is 0 Å². The van der Waals surface area contributed by atoms with E-state index in [2.05, 4.69) is 0 Å². The van der Waals surface area contributed by atoms with Crippen molar-refractivity contribution in [2.45, 2.75) is 32.2 Å². The molecule has 0 heterocycles. The first-order chi connectivity index (χ1) is 5.80. The van der Waals surface area contributed by atoms with Crippen molar-refractivity contribution in [3.63, 3.8) is 0 Å². The number of carbonyl (C=O) groups is 2. The molecule has 0 spiro atoms. The molecule has 13 heavy (non-hydrogen) atoms. The average Bonchev–Trinajstić information content (AvgIpc) is 1.99. The molecule has 0 aliphatic heterocycles. The van der Waals surface area contributed by atoms with Gasteiger partial charge in [-0.05, 0) is 6.92 Å². The van der Waals surface area contributed by atoms with E-state index in [-0.39, 0.29) is 18.6 Å². The van der Waals surface area contributed by atoms with Gasteiger partial charge in [-0.1, -0.05) is 0 Å². The fourth-order valence-corrected chi connectivity index (χ4v) is 0.696. The summed E-state index contributed by atoms with van der Waals surface area (Å²) in [7, 11) is 0. The van der Waals surface area contributed by atoms with Crippen molar-refractivity contribution in [2.75, 3.05) is 0 Å². The minimum atomic E-state index is -2.05. The van der Waals surface area contributed by atoms with E-state index >= 15 is 0 Å². The SMILES string of the molecule is CC(=O)CCC(C)(C(=O)O)[N+](=O)[O-]. The third-order valence-electron chi connectivity index (χ3n) is 1.83. The molecular weight excluding hydrogens is 178 g/mol. The van der Waals surface area contributed by atoms with E-state index in [1.807, 2.05) is 0 Å². The lowest BCUT2D eigenvalue weighted by atomic mass is 9.96. The van der Waals surface area contributed by atoms with E-state index in [0.717, 1.165) is 6.92 Å². The number of carboxylic acid groups (broad SMARTS) is 1. The van der Waals surface area contributed by atoms with Gasteiger partial charge in [-0.25, -0.2) is 4.79 Å². The number of rotatable bonds is 5. The zero-order valence-corrected chi connectivity index (χ0v) is 7.44. The molecule has 0 aromatic rings. The first-order valence-corrected chi connectivity index (χ1v) is 3.68. The van der Waals surface area contributed by atoms with Crippen LogP contribution in [0.3, 0.4) is 0 Å². The number of carbonyl (C=O) groups excluding carboxylic acids is 1. The maximum atomic E-state index is 10.5. The number of aliphatic carboxylic acids is 1. The zero-order valence-electron chi connectivity index (χ0n) is 7.44. The van der Waals surface area contributed by atoms with Crippen LogP contribution in [0, 0.1) is 10.1 Å². The fourth-order valence-electron chi connectivity index (χ4n) is 0.696. The lowest BCUT2D eigenvalue weighted by Gasteiger charge is -2.14. The summed E-state index contributed by atoms with van der Waals surface area (Å²) in [5.74, 6) is -1.77. The second-order valence-electron chi connectivity index (χ2n) is 3.04. The highest BCUT2D eigenvalue weighted by molar-refractivity contribution is 5.79. The van der Waals surface area contributed by atoms with Crippen LogP contribution in [0.1, 0.15) is 26.7 Å². The van der Waals surface area contributed by atoms with E-state index in [9.17, 15) is 19.7 Å². The normalized spacial score (nSPS) is 14.6. The molecule has 1 N–H and O–H groups in total. The van der Waals surface area contributed by atoms with Crippen molar-refractivity contribution in [3.05, 3.63) is 10.1 Å². The molecule has 0 rings (SSSR count). The van der Waals surface area contributed by atoms with Gasteiger partial charge in [-0.3, -0.25) is 10.1 Å². The molecule has 0 saturated carbocycles. The Bertz CT molecular complexity index is 233. The third kappa shape index (κ3) is 2.81. The second-order valence-corrected chi connectivity index (χ2v) is 3.04. The number of hydrogen-bond donors (Lipinski definition) is 1. The first kappa shape index (κ1) is 11.5. The van der Waals surface area contributed by atoms with Crippen molar-refractivity contribution in [3.8, 4) is 0 Å². The molecule has 0 fully saturated rings. The smallest absolute Gasteiger partial charge is 0.382 e. The summed E-state index contributed by atoms with van der Waals surface area (Å²) in [4.78, 5) is 30.6. The van der Waals surface area contributed by atoms with Crippen molar-refractivity contribution >= 4 is 11.8 Å². The number of nitrogens with zero attached hydrogens (tertiary/aromatic N) is 1. The highest BCUT2D eigenvalue weighted by Gasteiger charge is 2.45. The summed E-state index contributed by atoms with van der Waals surface area (Å²) >= 11 is 0. The number of Topliss-reactive ketones (excluding diaryl/α,β-unsaturated/α-hetero) is 1. The molecule has 6 nitrogen and oxygen atoms in total. The minimum Gasteiger partial charge on any atom is -0.476 e. The maximum absolute atomic E-state index is 10.5. The second kappa shape index (κ2) is 3.97. The van der Waals surface area contributed by atoms with Crippen molar-refractivity contribution in [1.29, 1.82) is 0 Å². The Hall–Kier alpha value is -1.46. The van der Waals surface area contributed by atoms with Crippen molar-refractivity contribution in [2.24, 2.45) is 0 Å². The zero-order chi connectivity index (χ0) is 10.6. The monoisotopic (exact) mass is 189 g/mol. The fraction of sp³-hybridized carbons (Fsp3) is 0.714. The predicted molar refractivity (Wildman–Crippen MR) is 43.0 cm³/mol. The number of ketones is 1. The summed E-state index contributed by atoms with van der Waals surface area (Å²) in [6.07, 6.45) is -0.367. The summed E-state index contributed by atoms with van der Waals surface area (Å²) < 4.78 is 0. The van der Waals surface area contributed by atoms with Crippen LogP contribution in [-0.2, 0) is 9.59 Å². The van der Waals surface area contributed by atoms with Crippen molar-refractivity contribution in [1.82, 2.24) is 0 Å². The van der Waals surface area contributed by atoms with E-state index in [0.29, 0.717) is 0 Å². The highest BCUT2D eigenvalue weighted by Crippen LogP contribution is 2.17. The van der Waals surface area contributed by atoms with Gasteiger partial charge < -0.3 is 9.90 Å². The molecule has 0 aliphatic rings. The molecule has 1 unspecified atom stereocenters. The lowest BCUT2D eigenvalue weighted by molar-refractivity contribution is -0.551. The molecular formula is C7H11NO5. The van der Waals surface area contributed by atoms with Gasteiger partial charge in [0.05, 0.1) is 0 Å². The van der Waals surface area contributed by atoms with Gasteiger partial charge in [0.15, 0.2) is 0 Å². The van der Waals surface area contributed by atoms with Gasteiger partial charge in [0.1, 0.15) is 5.78 Å². The standard InChI is InChI=1S/C7H11NO5/c1-5(9)3-4-7(2,6(10)11)8(12)13/h3-4H2,1-2H3,(H,10,11). The molecule has 0 bridgehead atoms. The van der Waals surface area contributed by atoms with Gasteiger partial charge in [0.2, 0.25) is 0 Å². The van der Waals surface area contributed by atoms with Crippen molar-refractivity contribution < 1.29 is 19.6 Å². The summed E-state index contributed by atoms with van der Waals surface area (Å²) in [5, 5.41) is 19.0. The minimum absolute atomic E-state index is 0.0935. The van der Waals surface area contributed by atoms with Gasteiger partial charge >= 0.3 is 11.5 Å². The number of carboxylic acids is 1. The van der Waals surface area contributed by atoms with Crippen LogP contribution < -0.4 is 0 Å². The highest BCUT2D eigenvalue weighted by atomic mass is 16.6. The topological polar surface area (TPSA) is 97.5 Å². The molecule has 0 aromatic heterocycles. The Morgan fingerprint density at radius 3 is 2.23 bits per heavy atom. The molecule has 74 valence electrons. The molecule has 0 radical (unpaired) electrons. The van der Waals surface area contributed by atoms with Crippen LogP contribution in [0.25, 0.3) is 0 Å². The van der Waals surface area contributed by atoms with E-state index in [4.69, 9.17) is 5.11 Å².